The molecule has 0 radical (unpaired) electrons. The normalized spacial score (nSPS) is 19.4. The van der Waals surface area contributed by atoms with Crippen LogP contribution >= 0.6 is 0 Å². The van der Waals surface area contributed by atoms with E-state index in [1.807, 2.05) is 6.92 Å². The number of benzene rings is 1. The third kappa shape index (κ3) is 4.07. The van der Waals surface area contributed by atoms with Crippen LogP contribution in [0.1, 0.15) is 30.1 Å². The fraction of sp³-hybridized carbons (Fsp3) is 0.438. The van der Waals surface area contributed by atoms with E-state index in [1.54, 1.807) is 31.3 Å². The predicted molar refractivity (Wildman–Crippen MR) is 81.6 cm³/mol. The summed E-state index contributed by atoms with van der Waals surface area (Å²) >= 11 is 0. The van der Waals surface area contributed by atoms with E-state index >= 15 is 0 Å². The maximum absolute atomic E-state index is 12.2. The van der Waals surface area contributed by atoms with Gasteiger partial charge in [0.2, 0.25) is 5.91 Å². The Balaban J connectivity index is 1.99. The summed E-state index contributed by atoms with van der Waals surface area (Å²) in [5.41, 5.74) is 1.01. The van der Waals surface area contributed by atoms with Gasteiger partial charge in [-0.15, -0.1) is 0 Å². The Labute approximate surface area is 129 Å². The molecule has 2 atom stereocenters. The number of carboxylic acids is 1. The van der Waals surface area contributed by atoms with Crippen LogP contribution < -0.4 is 5.32 Å². The average molecular weight is 304 g/mol. The molecule has 2 unspecified atom stereocenters. The van der Waals surface area contributed by atoms with Gasteiger partial charge in [-0.25, -0.2) is 0 Å². The number of carboxylic acid groups (broad SMARTS) is 1. The molecule has 0 spiro atoms. The molecule has 1 fully saturated rings. The van der Waals surface area contributed by atoms with Crippen molar-refractivity contribution in [1.82, 2.24) is 4.90 Å². The largest absolute Gasteiger partial charge is 0.481 e. The average Bonchev–Trinajstić information content (AvgIpc) is 3.21. The maximum Gasteiger partial charge on any atom is 0.305 e. The Morgan fingerprint density at radius 1 is 1.36 bits per heavy atom. The minimum Gasteiger partial charge on any atom is -0.481 e. The minimum absolute atomic E-state index is 0.0173. The van der Waals surface area contributed by atoms with Gasteiger partial charge in [0.25, 0.3) is 5.91 Å². The molecule has 1 aliphatic carbocycles. The monoisotopic (exact) mass is 304 g/mol. The quantitative estimate of drug-likeness (QED) is 0.839. The summed E-state index contributed by atoms with van der Waals surface area (Å²) < 4.78 is 0. The Morgan fingerprint density at radius 3 is 2.64 bits per heavy atom. The summed E-state index contributed by atoms with van der Waals surface area (Å²) in [6.07, 6.45) is 0.806. The second-order valence-corrected chi connectivity index (χ2v) is 5.76. The SMILES string of the molecule is CC1CC1C(=O)Nc1cccc(C(=O)N(C)CCC(=O)O)c1. The van der Waals surface area contributed by atoms with E-state index in [1.165, 1.54) is 4.90 Å². The standard InChI is InChI=1S/C16H20N2O4/c1-10-8-13(10)15(21)17-12-5-3-4-11(9-12)16(22)18(2)7-6-14(19)20/h3-5,9-10,13H,6-8H2,1-2H3,(H,17,21)(H,19,20). The van der Waals surface area contributed by atoms with Crippen LogP contribution in [0.15, 0.2) is 24.3 Å². The van der Waals surface area contributed by atoms with E-state index < -0.39 is 5.97 Å². The highest BCUT2D eigenvalue weighted by molar-refractivity contribution is 5.98. The van der Waals surface area contributed by atoms with Gasteiger partial charge in [-0.3, -0.25) is 14.4 Å². The highest BCUT2D eigenvalue weighted by Crippen LogP contribution is 2.38. The first-order valence-electron chi connectivity index (χ1n) is 7.26. The number of aliphatic carboxylic acids is 1. The van der Waals surface area contributed by atoms with Crippen molar-refractivity contribution in [3.05, 3.63) is 29.8 Å². The molecule has 1 saturated carbocycles. The fourth-order valence-electron chi connectivity index (χ4n) is 2.24. The van der Waals surface area contributed by atoms with Gasteiger partial charge in [0.1, 0.15) is 0 Å². The Hall–Kier alpha value is -2.37. The van der Waals surface area contributed by atoms with Crippen LogP contribution in [0, 0.1) is 11.8 Å². The van der Waals surface area contributed by atoms with Crippen LogP contribution in [0.4, 0.5) is 5.69 Å². The lowest BCUT2D eigenvalue weighted by Gasteiger charge is -2.16. The summed E-state index contributed by atoms with van der Waals surface area (Å²) in [6, 6.07) is 6.70. The lowest BCUT2D eigenvalue weighted by Crippen LogP contribution is -2.29. The van der Waals surface area contributed by atoms with Gasteiger partial charge in [-0.1, -0.05) is 13.0 Å². The molecule has 2 rings (SSSR count). The summed E-state index contributed by atoms with van der Waals surface area (Å²) in [4.78, 5) is 36.0. The Kier molecular flexibility index (Phi) is 4.80. The lowest BCUT2D eigenvalue weighted by atomic mass is 10.1. The second-order valence-electron chi connectivity index (χ2n) is 5.76. The highest BCUT2D eigenvalue weighted by atomic mass is 16.4. The number of carbonyl (C=O) groups excluding carboxylic acids is 2. The van der Waals surface area contributed by atoms with Crippen molar-refractivity contribution in [2.24, 2.45) is 11.8 Å². The molecular weight excluding hydrogens is 284 g/mol. The first-order chi connectivity index (χ1) is 10.4. The zero-order chi connectivity index (χ0) is 16.3. The van der Waals surface area contributed by atoms with Crippen molar-refractivity contribution in [3.8, 4) is 0 Å². The number of nitrogens with zero attached hydrogens (tertiary/aromatic N) is 1. The van der Waals surface area contributed by atoms with Crippen LogP contribution in [0.3, 0.4) is 0 Å². The molecule has 1 aliphatic rings. The number of nitrogens with one attached hydrogen (secondary N) is 1. The van der Waals surface area contributed by atoms with Gasteiger partial charge in [-0.05, 0) is 30.5 Å². The topological polar surface area (TPSA) is 86.7 Å². The molecule has 118 valence electrons. The molecule has 0 aromatic heterocycles. The van der Waals surface area contributed by atoms with Gasteiger partial charge in [0.05, 0.1) is 6.42 Å². The zero-order valence-electron chi connectivity index (χ0n) is 12.7. The van der Waals surface area contributed by atoms with Gasteiger partial charge in [0.15, 0.2) is 0 Å². The van der Waals surface area contributed by atoms with Gasteiger partial charge in [-0.2, -0.15) is 0 Å². The van der Waals surface area contributed by atoms with Crippen LogP contribution in [0.5, 0.6) is 0 Å². The van der Waals surface area contributed by atoms with Crippen molar-refractivity contribution in [2.45, 2.75) is 19.8 Å². The number of anilines is 1. The first kappa shape index (κ1) is 16.0. The van der Waals surface area contributed by atoms with Crippen molar-refractivity contribution in [3.63, 3.8) is 0 Å². The summed E-state index contributed by atoms with van der Waals surface area (Å²) in [6.45, 7) is 2.17. The van der Waals surface area contributed by atoms with Gasteiger partial charge in [0, 0.05) is 30.8 Å². The molecule has 0 heterocycles. The van der Waals surface area contributed by atoms with Crippen molar-refractivity contribution in [1.29, 1.82) is 0 Å². The molecule has 22 heavy (non-hydrogen) atoms. The lowest BCUT2D eigenvalue weighted by molar-refractivity contribution is -0.137. The Bertz CT molecular complexity index is 600. The third-order valence-electron chi connectivity index (χ3n) is 3.83. The molecule has 0 saturated heterocycles. The zero-order valence-corrected chi connectivity index (χ0v) is 12.7. The molecule has 2 amide bonds. The molecule has 6 nitrogen and oxygen atoms in total. The smallest absolute Gasteiger partial charge is 0.305 e. The van der Waals surface area contributed by atoms with Crippen LogP contribution in [0.25, 0.3) is 0 Å². The van der Waals surface area contributed by atoms with E-state index in [9.17, 15) is 14.4 Å². The maximum atomic E-state index is 12.2. The number of carbonyl (C=O) groups is 3. The minimum atomic E-state index is -0.945. The fourth-order valence-corrected chi connectivity index (χ4v) is 2.24. The van der Waals surface area contributed by atoms with Crippen molar-refractivity contribution < 1.29 is 19.5 Å². The summed E-state index contributed by atoms with van der Waals surface area (Å²) in [7, 11) is 1.56. The van der Waals surface area contributed by atoms with Crippen LogP contribution in [-0.4, -0.2) is 41.4 Å². The molecular formula is C16H20N2O4. The molecule has 0 bridgehead atoms. The molecule has 6 heteroatoms. The van der Waals surface area contributed by atoms with E-state index in [2.05, 4.69) is 5.32 Å². The van der Waals surface area contributed by atoms with E-state index in [0.29, 0.717) is 17.2 Å². The third-order valence-corrected chi connectivity index (χ3v) is 3.83. The molecule has 1 aromatic carbocycles. The van der Waals surface area contributed by atoms with Crippen molar-refractivity contribution >= 4 is 23.5 Å². The number of hydrogen-bond donors (Lipinski definition) is 2. The number of rotatable bonds is 6. The highest BCUT2D eigenvalue weighted by Gasteiger charge is 2.39. The molecule has 0 aliphatic heterocycles. The summed E-state index contributed by atoms with van der Waals surface area (Å²) in [5, 5.41) is 11.5. The van der Waals surface area contributed by atoms with E-state index in [0.717, 1.165) is 6.42 Å². The second kappa shape index (κ2) is 6.60. The van der Waals surface area contributed by atoms with Gasteiger partial charge < -0.3 is 15.3 Å². The first-order valence-corrected chi connectivity index (χ1v) is 7.26. The summed E-state index contributed by atoms with van der Waals surface area (Å²) in [5.74, 6) is -0.739. The van der Waals surface area contributed by atoms with Crippen molar-refractivity contribution in [2.75, 3.05) is 18.9 Å². The van der Waals surface area contributed by atoms with Crippen LogP contribution in [-0.2, 0) is 9.59 Å². The van der Waals surface area contributed by atoms with E-state index in [-0.39, 0.29) is 30.7 Å². The number of amides is 2. The van der Waals surface area contributed by atoms with Gasteiger partial charge >= 0.3 is 5.97 Å². The number of hydrogen-bond acceptors (Lipinski definition) is 3. The molecule has 2 N–H and O–H groups in total. The predicted octanol–water partition coefficient (Wildman–Crippen LogP) is 1.83. The van der Waals surface area contributed by atoms with E-state index in [4.69, 9.17) is 5.11 Å². The van der Waals surface area contributed by atoms with Crippen LogP contribution in [0.2, 0.25) is 0 Å². The molecule has 1 aromatic rings. The Morgan fingerprint density at radius 2 is 2.05 bits per heavy atom.